The Bertz CT molecular complexity index is 235. The largest absolute Gasteiger partial charge is 0.330 e. The molecule has 0 fully saturated rings. The molecule has 5 nitrogen and oxygen atoms in total. The molecule has 0 rings (SSSR count). The van der Waals surface area contributed by atoms with Gasteiger partial charge in [0.2, 0.25) is 15.9 Å². The SMILES string of the molecule is CCS(=O)(=O)NC(=O)CCCN. The monoisotopic (exact) mass is 194 g/mol. The van der Waals surface area contributed by atoms with Gasteiger partial charge >= 0.3 is 0 Å². The summed E-state index contributed by atoms with van der Waals surface area (Å²) in [5, 5.41) is 0. The fourth-order valence-corrected chi connectivity index (χ4v) is 1.15. The molecular formula is C6H14N2O3S. The van der Waals surface area contributed by atoms with E-state index in [-0.39, 0.29) is 12.2 Å². The maximum Gasteiger partial charge on any atom is 0.234 e. The van der Waals surface area contributed by atoms with Crippen LogP contribution < -0.4 is 10.5 Å². The van der Waals surface area contributed by atoms with E-state index in [1.54, 1.807) is 0 Å². The van der Waals surface area contributed by atoms with E-state index in [1.165, 1.54) is 6.92 Å². The van der Waals surface area contributed by atoms with E-state index in [0.29, 0.717) is 13.0 Å². The highest BCUT2D eigenvalue weighted by Crippen LogP contribution is 1.89. The number of carbonyl (C=O) groups is 1. The molecular weight excluding hydrogens is 180 g/mol. The summed E-state index contributed by atoms with van der Waals surface area (Å²) in [6, 6.07) is 0. The maximum atomic E-state index is 10.8. The van der Waals surface area contributed by atoms with Gasteiger partial charge in [-0.2, -0.15) is 0 Å². The Morgan fingerprint density at radius 3 is 2.50 bits per heavy atom. The van der Waals surface area contributed by atoms with Gasteiger partial charge in [0, 0.05) is 6.42 Å². The lowest BCUT2D eigenvalue weighted by Gasteiger charge is -2.02. The van der Waals surface area contributed by atoms with Crippen LogP contribution in [0, 0.1) is 0 Å². The minimum atomic E-state index is -3.39. The van der Waals surface area contributed by atoms with Crippen LogP contribution in [0.15, 0.2) is 0 Å². The molecule has 0 aromatic carbocycles. The zero-order valence-electron chi connectivity index (χ0n) is 7.04. The highest BCUT2D eigenvalue weighted by atomic mass is 32.2. The third kappa shape index (κ3) is 5.09. The van der Waals surface area contributed by atoms with Crippen LogP contribution >= 0.6 is 0 Å². The Morgan fingerprint density at radius 2 is 2.08 bits per heavy atom. The Labute approximate surface area is 72.4 Å². The summed E-state index contributed by atoms with van der Waals surface area (Å²) in [6.45, 7) is 1.86. The second kappa shape index (κ2) is 5.10. The van der Waals surface area contributed by atoms with E-state index in [9.17, 15) is 13.2 Å². The number of amides is 1. The highest BCUT2D eigenvalue weighted by molar-refractivity contribution is 7.90. The molecule has 0 heterocycles. The van der Waals surface area contributed by atoms with Gasteiger partial charge in [-0.3, -0.25) is 9.52 Å². The third-order valence-electron chi connectivity index (χ3n) is 1.26. The zero-order valence-corrected chi connectivity index (χ0v) is 7.86. The van der Waals surface area contributed by atoms with Crippen LogP contribution in [0.4, 0.5) is 0 Å². The average molecular weight is 194 g/mol. The van der Waals surface area contributed by atoms with Crippen molar-refractivity contribution in [3.05, 3.63) is 0 Å². The predicted octanol–water partition coefficient (Wildman–Crippen LogP) is -0.809. The highest BCUT2D eigenvalue weighted by Gasteiger charge is 2.10. The summed E-state index contributed by atoms with van der Waals surface area (Å²) in [5.41, 5.74) is 5.14. The molecule has 6 heteroatoms. The summed E-state index contributed by atoms with van der Waals surface area (Å²) >= 11 is 0. The van der Waals surface area contributed by atoms with Crippen molar-refractivity contribution in [1.82, 2.24) is 4.72 Å². The molecule has 0 aliphatic carbocycles. The van der Waals surface area contributed by atoms with Gasteiger partial charge < -0.3 is 5.73 Å². The van der Waals surface area contributed by atoms with Crippen LogP contribution in [-0.2, 0) is 14.8 Å². The van der Waals surface area contributed by atoms with Crippen molar-refractivity contribution in [3.8, 4) is 0 Å². The number of carbonyl (C=O) groups excluding carboxylic acids is 1. The molecule has 0 unspecified atom stereocenters. The first-order valence-corrected chi connectivity index (χ1v) is 5.40. The topological polar surface area (TPSA) is 89.3 Å². The van der Waals surface area contributed by atoms with E-state index in [1.807, 2.05) is 4.72 Å². The molecule has 0 radical (unpaired) electrons. The van der Waals surface area contributed by atoms with Gasteiger partial charge in [-0.15, -0.1) is 0 Å². The second-order valence-electron chi connectivity index (χ2n) is 2.32. The van der Waals surface area contributed by atoms with Crippen LogP contribution in [0.1, 0.15) is 19.8 Å². The van der Waals surface area contributed by atoms with Crippen molar-refractivity contribution >= 4 is 15.9 Å². The molecule has 0 aromatic rings. The van der Waals surface area contributed by atoms with Gasteiger partial charge in [0.1, 0.15) is 0 Å². The van der Waals surface area contributed by atoms with Crippen molar-refractivity contribution in [1.29, 1.82) is 0 Å². The van der Waals surface area contributed by atoms with E-state index in [0.717, 1.165) is 0 Å². The molecule has 1 amide bonds. The second-order valence-corrected chi connectivity index (χ2v) is 4.33. The fourth-order valence-electron chi connectivity index (χ4n) is 0.559. The summed E-state index contributed by atoms with van der Waals surface area (Å²) in [5.74, 6) is -0.566. The van der Waals surface area contributed by atoms with Crippen LogP contribution in [0.2, 0.25) is 0 Å². The first-order chi connectivity index (χ1) is 5.52. The van der Waals surface area contributed by atoms with Crippen molar-refractivity contribution in [2.75, 3.05) is 12.3 Å². The Morgan fingerprint density at radius 1 is 1.50 bits per heavy atom. The van der Waals surface area contributed by atoms with Crippen molar-refractivity contribution in [2.24, 2.45) is 5.73 Å². The standard InChI is InChI=1S/C6H14N2O3S/c1-2-12(10,11)8-6(9)4-3-5-7/h2-5,7H2,1H3,(H,8,9). The van der Waals surface area contributed by atoms with Crippen LogP contribution in [-0.4, -0.2) is 26.6 Å². The number of nitrogens with one attached hydrogen (secondary N) is 1. The molecule has 0 aliphatic heterocycles. The normalized spacial score (nSPS) is 11.2. The van der Waals surface area contributed by atoms with Gasteiger partial charge in [0.05, 0.1) is 5.75 Å². The van der Waals surface area contributed by atoms with E-state index in [4.69, 9.17) is 5.73 Å². The first-order valence-electron chi connectivity index (χ1n) is 3.75. The lowest BCUT2D eigenvalue weighted by molar-refractivity contribution is -0.119. The van der Waals surface area contributed by atoms with Gasteiger partial charge in [-0.1, -0.05) is 0 Å². The molecule has 0 atom stereocenters. The Balaban J connectivity index is 3.85. The van der Waals surface area contributed by atoms with E-state index >= 15 is 0 Å². The molecule has 12 heavy (non-hydrogen) atoms. The van der Waals surface area contributed by atoms with E-state index in [2.05, 4.69) is 0 Å². The number of nitrogens with two attached hydrogens (primary N) is 1. The molecule has 0 aliphatic rings. The molecule has 72 valence electrons. The number of sulfonamides is 1. The minimum Gasteiger partial charge on any atom is -0.330 e. The number of rotatable bonds is 5. The lowest BCUT2D eigenvalue weighted by Crippen LogP contribution is -2.31. The number of hydrogen-bond acceptors (Lipinski definition) is 4. The quantitative estimate of drug-likeness (QED) is 0.599. The molecule has 0 saturated carbocycles. The molecule has 0 spiro atoms. The van der Waals surface area contributed by atoms with Crippen LogP contribution in [0.5, 0.6) is 0 Å². The smallest absolute Gasteiger partial charge is 0.234 e. The minimum absolute atomic E-state index is 0.0820. The Kier molecular flexibility index (Phi) is 4.84. The van der Waals surface area contributed by atoms with Gasteiger partial charge in [0.15, 0.2) is 0 Å². The van der Waals surface area contributed by atoms with E-state index < -0.39 is 15.9 Å². The molecule has 0 saturated heterocycles. The lowest BCUT2D eigenvalue weighted by atomic mass is 10.3. The summed E-state index contributed by atoms with van der Waals surface area (Å²) in [4.78, 5) is 10.8. The summed E-state index contributed by atoms with van der Waals surface area (Å²) in [6.07, 6.45) is 0.667. The predicted molar refractivity (Wildman–Crippen MR) is 45.9 cm³/mol. The fraction of sp³-hybridized carbons (Fsp3) is 0.833. The van der Waals surface area contributed by atoms with Crippen molar-refractivity contribution < 1.29 is 13.2 Å². The summed E-state index contributed by atoms with van der Waals surface area (Å²) < 4.78 is 23.5. The van der Waals surface area contributed by atoms with Gasteiger partial charge in [-0.25, -0.2) is 8.42 Å². The molecule has 0 bridgehead atoms. The Hall–Kier alpha value is -0.620. The third-order valence-corrected chi connectivity index (χ3v) is 2.56. The molecule has 0 aromatic heterocycles. The maximum absolute atomic E-state index is 10.8. The number of hydrogen-bond donors (Lipinski definition) is 2. The van der Waals surface area contributed by atoms with Crippen molar-refractivity contribution in [2.45, 2.75) is 19.8 Å². The summed E-state index contributed by atoms with van der Waals surface area (Å²) in [7, 11) is -3.39. The average Bonchev–Trinajstić information content (AvgIpc) is 2.00. The van der Waals surface area contributed by atoms with Crippen molar-refractivity contribution in [3.63, 3.8) is 0 Å². The van der Waals surface area contributed by atoms with Crippen LogP contribution in [0.3, 0.4) is 0 Å². The van der Waals surface area contributed by atoms with Gasteiger partial charge in [0.25, 0.3) is 0 Å². The van der Waals surface area contributed by atoms with Crippen LogP contribution in [0.25, 0.3) is 0 Å². The molecule has 3 N–H and O–H groups in total. The van der Waals surface area contributed by atoms with Gasteiger partial charge in [-0.05, 0) is 19.9 Å². The first kappa shape index (κ1) is 11.4. The zero-order chi connectivity index (χ0) is 9.61.